The minimum atomic E-state index is -0.868. The molecule has 1 fully saturated rings. The predicted molar refractivity (Wildman–Crippen MR) is 101 cm³/mol. The number of nitrogens with zero attached hydrogens (tertiary/aromatic N) is 4. The van der Waals surface area contributed by atoms with E-state index < -0.39 is 6.09 Å². The number of hydrogen-bond donors (Lipinski definition) is 1. The van der Waals surface area contributed by atoms with Gasteiger partial charge in [-0.2, -0.15) is 0 Å². The van der Waals surface area contributed by atoms with Crippen molar-refractivity contribution in [3.05, 3.63) is 54.6 Å². The van der Waals surface area contributed by atoms with Crippen molar-refractivity contribution in [3.8, 4) is 11.3 Å². The number of piperazine rings is 1. The molecule has 1 aliphatic heterocycles. The number of hydrogen-bond acceptors (Lipinski definition) is 4. The minimum Gasteiger partial charge on any atom is -0.465 e. The Labute approximate surface area is 151 Å². The van der Waals surface area contributed by atoms with Crippen LogP contribution in [0.25, 0.3) is 22.0 Å². The molecule has 2 heterocycles. The molecule has 2 aromatic carbocycles. The largest absolute Gasteiger partial charge is 0.465 e. The van der Waals surface area contributed by atoms with Crippen LogP contribution in [0, 0.1) is 0 Å². The third-order valence-corrected chi connectivity index (χ3v) is 4.89. The van der Waals surface area contributed by atoms with Crippen LogP contribution in [0.4, 0.5) is 10.6 Å². The van der Waals surface area contributed by atoms with Gasteiger partial charge in [-0.1, -0.05) is 54.6 Å². The van der Waals surface area contributed by atoms with E-state index in [1.807, 2.05) is 49.4 Å². The Hall–Kier alpha value is -3.15. The zero-order valence-corrected chi connectivity index (χ0v) is 14.5. The Bertz CT molecular complexity index is 945. The lowest BCUT2D eigenvalue weighted by molar-refractivity contribution is 0.122. The van der Waals surface area contributed by atoms with Crippen LogP contribution in [0.1, 0.15) is 6.92 Å². The van der Waals surface area contributed by atoms with Crippen molar-refractivity contribution < 1.29 is 9.90 Å². The van der Waals surface area contributed by atoms with Gasteiger partial charge in [0.2, 0.25) is 0 Å². The van der Waals surface area contributed by atoms with E-state index in [0.717, 1.165) is 27.8 Å². The fraction of sp³-hybridized carbons (Fsp3) is 0.250. The lowest BCUT2D eigenvalue weighted by Crippen LogP contribution is -2.54. The molecule has 0 bridgehead atoms. The summed E-state index contributed by atoms with van der Waals surface area (Å²) in [6, 6.07) is 18.1. The normalized spacial score (nSPS) is 17.5. The number of anilines is 1. The van der Waals surface area contributed by atoms with E-state index in [1.54, 1.807) is 0 Å². The number of amides is 1. The van der Waals surface area contributed by atoms with Crippen molar-refractivity contribution in [2.24, 2.45) is 0 Å². The van der Waals surface area contributed by atoms with E-state index in [0.29, 0.717) is 19.6 Å². The molecule has 1 amide bonds. The molecule has 3 aromatic rings. The van der Waals surface area contributed by atoms with Crippen LogP contribution in [0.15, 0.2) is 54.6 Å². The van der Waals surface area contributed by atoms with Crippen molar-refractivity contribution in [2.45, 2.75) is 13.0 Å². The van der Waals surface area contributed by atoms with Gasteiger partial charge in [-0.25, -0.2) is 4.79 Å². The number of carboxylic acid groups (broad SMARTS) is 1. The first-order valence-electron chi connectivity index (χ1n) is 8.70. The highest BCUT2D eigenvalue weighted by molar-refractivity contribution is 6.00. The molecule has 1 unspecified atom stereocenters. The first-order chi connectivity index (χ1) is 12.6. The maximum Gasteiger partial charge on any atom is 0.407 e. The molecule has 4 rings (SSSR count). The summed E-state index contributed by atoms with van der Waals surface area (Å²) in [5.74, 6) is 0.817. The van der Waals surface area contributed by atoms with Crippen molar-refractivity contribution in [3.63, 3.8) is 0 Å². The highest BCUT2D eigenvalue weighted by Gasteiger charge is 2.29. The van der Waals surface area contributed by atoms with E-state index >= 15 is 0 Å². The van der Waals surface area contributed by atoms with Gasteiger partial charge in [0, 0.05) is 42.0 Å². The van der Waals surface area contributed by atoms with E-state index in [2.05, 4.69) is 27.2 Å². The molecule has 1 saturated heterocycles. The summed E-state index contributed by atoms with van der Waals surface area (Å²) in [4.78, 5) is 14.9. The second-order valence-corrected chi connectivity index (χ2v) is 6.55. The SMILES string of the molecule is CC1CN(c2nnc(-c3ccccc3)c3ccccc23)CCN1C(=O)O. The molecule has 26 heavy (non-hydrogen) atoms. The Morgan fingerprint density at radius 3 is 2.38 bits per heavy atom. The van der Waals surface area contributed by atoms with Crippen LogP contribution in [-0.2, 0) is 0 Å². The van der Waals surface area contributed by atoms with Crippen molar-refractivity contribution in [1.29, 1.82) is 0 Å². The van der Waals surface area contributed by atoms with Crippen molar-refractivity contribution in [1.82, 2.24) is 15.1 Å². The molecule has 132 valence electrons. The molecule has 0 saturated carbocycles. The highest BCUT2D eigenvalue weighted by atomic mass is 16.4. The summed E-state index contributed by atoms with van der Waals surface area (Å²) >= 11 is 0. The number of fused-ring (bicyclic) bond motifs is 1. The zero-order valence-electron chi connectivity index (χ0n) is 14.5. The second kappa shape index (κ2) is 6.63. The Balaban J connectivity index is 1.75. The molecule has 1 N–H and O–H groups in total. The van der Waals surface area contributed by atoms with Crippen LogP contribution >= 0.6 is 0 Å². The van der Waals surface area contributed by atoms with Gasteiger partial charge in [-0.3, -0.25) is 0 Å². The van der Waals surface area contributed by atoms with Crippen molar-refractivity contribution in [2.75, 3.05) is 24.5 Å². The number of benzene rings is 2. The van der Waals surface area contributed by atoms with Gasteiger partial charge in [0.05, 0.1) is 0 Å². The van der Waals surface area contributed by atoms with Gasteiger partial charge in [0.1, 0.15) is 5.69 Å². The first kappa shape index (κ1) is 16.3. The van der Waals surface area contributed by atoms with Crippen LogP contribution in [0.3, 0.4) is 0 Å². The molecule has 1 atom stereocenters. The van der Waals surface area contributed by atoms with Crippen LogP contribution < -0.4 is 4.90 Å². The molecule has 0 aliphatic carbocycles. The summed E-state index contributed by atoms with van der Waals surface area (Å²) in [7, 11) is 0. The first-order valence-corrected chi connectivity index (χ1v) is 8.70. The van der Waals surface area contributed by atoms with Gasteiger partial charge in [0.15, 0.2) is 5.82 Å². The van der Waals surface area contributed by atoms with Gasteiger partial charge < -0.3 is 14.9 Å². The van der Waals surface area contributed by atoms with Gasteiger partial charge in [-0.05, 0) is 6.92 Å². The third kappa shape index (κ3) is 2.83. The van der Waals surface area contributed by atoms with Gasteiger partial charge >= 0.3 is 6.09 Å². The summed E-state index contributed by atoms with van der Waals surface area (Å²) in [6.07, 6.45) is -0.868. The fourth-order valence-electron chi connectivity index (χ4n) is 3.57. The van der Waals surface area contributed by atoms with E-state index in [1.165, 1.54) is 4.90 Å². The fourth-order valence-corrected chi connectivity index (χ4v) is 3.57. The molecule has 1 aliphatic rings. The number of aromatic nitrogens is 2. The molecule has 0 radical (unpaired) electrons. The average Bonchev–Trinajstić information content (AvgIpc) is 2.67. The lowest BCUT2D eigenvalue weighted by Gasteiger charge is -2.39. The van der Waals surface area contributed by atoms with E-state index in [4.69, 9.17) is 0 Å². The van der Waals surface area contributed by atoms with Gasteiger partial charge in [-0.15, -0.1) is 10.2 Å². The molecule has 0 spiro atoms. The zero-order chi connectivity index (χ0) is 18.1. The topological polar surface area (TPSA) is 69.6 Å². The smallest absolute Gasteiger partial charge is 0.407 e. The van der Waals surface area contributed by atoms with E-state index in [9.17, 15) is 9.90 Å². The second-order valence-electron chi connectivity index (χ2n) is 6.55. The maximum atomic E-state index is 11.3. The lowest BCUT2D eigenvalue weighted by atomic mass is 10.0. The van der Waals surface area contributed by atoms with E-state index in [-0.39, 0.29) is 6.04 Å². The average molecular weight is 348 g/mol. The molecule has 6 nitrogen and oxygen atoms in total. The predicted octanol–water partition coefficient (Wildman–Crippen LogP) is 3.49. The Kier molecular flexibility index (Phi) is 4.16. The monoisotopic (exact) mass is 348 g/mol. The quantitative estimate of drug-likeness (QED) is 0.768. The van der Waals surface area contributed by atoms with Gasteiger partial charge in [0.25, 0.3) is 0 Å². The van der Waals surface area contributed by atoms with Crippen LogP contribution in [0.5, 0.6) is 0 Å². The molecule has 6 heteroatoms. The maximum absolute atomic E-state index is 11.3. The molecular weight excluding hydrogens is 328 g/mol. The summed E-state index contributed by atoms with van der Waals surface area (Å²) in [5.41, 5.74) is 1.90. The summed E-state index contributed by atoms with van der Waals surface area (Å²) < 4.78 is 0. The van der Waals surface area contributed by atoms with Crippen LogP contribution in [0.2, 0.25) is 0 Å². The third-order valence-electron chi connectivity index (χ3n) is 4.89. The number of carbonyl (C=O) groups is 1. The molecule has 1 aromatic heterocycles. The summed E-state index contributed by atoms with van der Waals surface area (Å²) in [5, 5.41) is 20.4. The number of rotatable bonds is 2. The van der Waals surface area contributed by atoms with Crippen molar-refractivity contribution >= 4 is 22.7 Å². The highest BCUT2D eigenvalue weighted by Crippen LogP contribution is 2.32. The summed E-state index contributed by atoms with van der Waals surface area (Å²) in [6.45, 7) is 3.61. The Morgan fingerprint density at radius 2 is 1.69 bits per heavy atom. The Morgan fingerprint density at radius 1 is 1.00 bits per heavy atom. The standard InChI is InChI=1S/C20H20N4O2/c1-14-13-23(11-12-24(14)20(25)26)19-17-10-6-5-9-16(17)18(21-22-19)15-7-3-2-4-8-15/h2-10,14H,11-13H2,1H3,(H,25,26). The minimum absolute atomic E-state index is 0.0874. The van der Waals surface area contributed by atoms with Crippen LogP contribution in [-0.4, -0.2) is 52.0 Å². The molecular formula is C20H20N4O2.